The maximum Gasteiger partial charge on any atom is 0.149 e. The molecule has 0 N–H and O–H groups in total. The van der Waals surface area contributed by atoms with Crippen LogP contribution >= 0.6 is 43.5 Å². The zero-order valence-electron chi connectivity index (χ0n) is 8.80. The second-order valence-electron chi connectivity index (χ2n) is 3.68. The predicted molar refractivity (Wildman–Crippen MR) is 74.9 cm³/mol. The van der Waals surface area contributed by atoms with E-state index in [-0.39, 0.29) is 5.75 Å². The van der Waals surface area contributed by atoms with Crippen molar-refractivity contribution in [2.24, 2.45) is 0 Å². The molecule has 2 nitrogen and oxygen atoms in total. The molecule has 0 heterocycles. The third-order valence-electron chi connectivity index (χ3n) is 2.06. The summed E-state index contributed by atoms with van der Waals surface area (Å²) < 4.78 is 24.1. The Morgan fingerprint density at radius 2 is 1.88 bits per heavy atom. The van der Waals surface area contributed by atoms with Crippen molar-refractivity contribution in [2.75, 3.05) is 12.0 Å². The molecular formula is C10H11Br2ClO2S. The van der Waals surface area contributed by atoms with Crippen LogP contribution in [-0.4, -0.2) is 20.4 Å². The van der Waals surface area contributed by atoms with Gasteiger partial charge < -0.3 is 0 Å². The van der Waals surface area contributed by atoms with Crippen LogP contribution in [0.1, 0.15) is 16.5 Å². The molecule has 1 rings (SSSR count). The molecule has 0 aliphatic rings. The number of sulfone groups is 1. The number of rotatable bonds is 3. The van der Waals surface area contributed by atoms with Gasteiger partial charge in [-0.15, -0.1) is 11.6 Å². The Bertz CT molecular complexity index is 500. The van der Waals surface area contributed by atoms with E-state index in [1.807, 2.05) is 19.1 Å². The van der Waals surface area contributed by atoms with Crippen molar-refractivity contribution in [2.45, 2.75) is 12.3 Å². The Morgan fingerprint density at radius 3 is 2.38 bits per heavy atom. The van der Waals surface area contributed by atoms with Gasteiger partial charge in [-0.2, -0.15) is 0 Å². The molecule has 1 aromatic rings. The summed E-state index contributed by atoms with van der Waals surface area (Å²) in [5, 5.41) is -0.540. The summed E-state index contributed by atoms with van der Waals surface area (Å²) in [6, 6.07) is 3.76. The standard InChI is InChI=1S/C10H11Br2ClO2S/c1-6-3-9(12)7(4-8(6)11)10(13)5-16(2,14)15/h3-4,10H,5H2,1-2H3. The SMILES string of the molecule is Cc1cc(Br)c(C(Cl)CS(C)(=O)=O)cc1Br. The van der Waals surface area contributed by atoms with Gasteiger partial charge in [0, 0.05) is 15.2 Å². The van der Waals surface area contributed by atoms with Gasteiger partial charge in [0.2, 0.25) is 0 Å². The van der Waals surface area contributed by atoms with E-state index in [4.69, 9.17) is 11.6 Å². The highest BCUT2D eigenvalue weighted by Gasteiger charge is 2.18. The van der Waals surface area contributed by atoms with E-state index in [2.05, 4.69) is 31.9 Å². The van der Waals surface area contributed by atoms with E-state index in [1.54, 1.807) is 0 Å². The summed E-state index contributed by atoms with van der Waals surface area (Å²) in [4.78, 5) is 0. The number of halogens is 3. The molecule has 0 bridgehead atoms. The summed E-state index contributed by atoms with van der Waals surface area (Å²) in [7, 11) is -3.08. The minimum Gasteiger partial charge on any atom is -0.229 e. The zero-order valence-corrected chi connectivity index (χ0v) is 13.5. The Morgan fingerprint density at radius 1 is 1.31 bits per heavy atom. The van der Waals surface area contributed by atoms with Crippen molar-refractivity contribution in [3.63, 3.8) is 0 Å². The molecule has 90 valence electrons. The maximum atomic E-state index is 11.2. The van der Waals surface area contributed by atoms with Gasteiger partial charge in [0.1, 0.15) is 9.84 Å². The van der Waals surface area contributed by atoms with Gasteiger partial charge in [0.15, 0.2) is 0 Å². The van der Waals surface area contributed by atoms with Crippen LogP contribution in [0.3, 0.4) is 0 Å². The molecule has 0 radical (unpaired) electrons. The first kappa shape index (κ1) is 14.5. The van der Waals surface area contributed by atoms with Gasteiger partial charge in [0.25, 0.3) is 0 Å². The van der Waals surface area contributed by atoms with Crippen molar-refractivity contribution in [3.05, 3.63) is 32.2 Å². The van der Waals surface area contributed by atoms with Crippen molar-refractivity contribution < 1.29 is 8.42 Å². The summed E-state index contributed by atoms with van der Waals surface area (Å²) in [5.41, 5.74) is 1.85. The third kappa shape index (κ3) is 4.02. The van der Waals surface area contributed by atoms with Gasteiger partial charge in [0.05, 0.1) is 11.1 Å². The number of hydrogen-bond donors (Lipinski definition) is 0. The average molecular weight is 391 g/mol. The fourth-order valence-electron chi connectivity index (χ4n) is 1.26. The highest BCUT2D eigenvalue weighted by molar-refractivity contribution is 9.11. The molecule has 0 fully saturated rings. The fraction of sp³-hybridized carbons (Fsp3) is 0.400. The fourth-order valence-corrected chi connectivity index (χ4v) is 4.06. The predicted octanol–water partition coefficient (Wildman–Crippen LogP) is 3.84. The van der Waals surface area contributed by atoms with Gasteiger partial charge >= 0.3 is 0 Å². The van der Waals surface area contributed by atoms with Crippen molar-refractivity contribution >= 4 is 53.3 Å². The molecule has 6 heteroatoms. The van der Waals surface area contributed by atoms with Crippen LogP contribution in [0.15, 0.2) is 21.1 Å². The molecule has 1 unspecified atom stereocenters. The van der Waals surface area contributed by atoms with Gasteiger partial charge in [-0.3, -0.25) is 0 Å². The number of alkyl halides is 1. The van der Waals surface area contributed by atoms with Crippen LogP contribution in [0.2, 0.25) is 0 Å². The van der Waals surface area contributed by atoms with Crippen LogP contribution in [0.5, 0.6) is 0 Å². The topological polar surface area (TPSA) is 34.1 Å². The zero-order chi connectivity index (χ0) is 12.5. The number of benzene rings is 1. The first-order chi connectivity index (χ1) is 7.20. The minimum atomic E-state index is -3.08. The van der Waals surface area contributed by atoms with Crippen molar-refractivity contribution in [1.82, 2.24) is 0 Å². The van der Waals surface area contributed by atoms with Crippen molar-refractivity contribution in [3.8, 4) is 0 Å². The molecule has 0 saturated carbocycles. The highest BCUT2D eigenvalue weighted by atomic mass is 79.9. The lowest BCUT2D eigenvalue weighted by molar-refractivity contribution is 0.600. The van der Waals surface area contributed by atoms with E-state index < -0.39 is 15.2 Å². The monoisotopic (exact) mass is 388 g/mol. The first-order valence-electron chi connectivity index (χ1n) is 4.48. The molecule has 16 heavy (non-hydrogen) atoms. The lowest BCUT2D eigenvalue weighted by Crippen LogP contribution is -2.09. The first-order valence-corrected chi connectivity index (χ1v) is 8.56. The molecule has 0 saturated heterocycles. The minimum absolute atomic E-state index is 0.0668. The van der Waals surface area contributed by atoms with E-state index in [0.29, 0.717) is 0 Å². The van der Waals surface area contributed by atoms with E-state index in [9.17, 15) is 8.42 Å². The third-order valence-corrected chi connectivity index (χ3v) is 5.12. The maximum absolute atomic E-state index is 11.2. The summed E-state index contributed by atoms with van der Waals surface area (Å²) in [6.07, 6.45) is 1.18. The summed E-state index contributed by atoms with van der Waals surface area (Å²) in [5.74, 6) is -0.0668. The Balaban J connectivity index is 3.09. The highest BCUT2D eigenvalue weighted by Crippen LogP contribution is 2.33. The van der Waals surface area contributed by atoms with Crippen molar-refractivity contribution in [1.29, 1.82) is 0 Å². The Kier molecular flexibility index (Phi) is 4.87. The summed E-state index contributed by atoms with van der Waals surface area (Å²) >= 11 is 12.9. The molecule has 0 aromatic heterocycles. The Labute approximate surface area is 118 Å². The lowest BCUT2D eigenvalue weighted by Gasteiger charge is -2.12. The molecule has 0 aliphatic heterocycles. The van der Waals surface area contributed by atoms with Crippen LogP contribution in [0, 0.1) is 6.92 Å². The van der Waals surface area contributed by atoms with Crippen LogP contribution in [0.4, 0.5) is 0 Å². The second-order valence-corrected chi connectivity index (χ2v) is 8.10. The van der Waals surface area contributed by atoms with Crippen LogP contribution in [0.25, 0.3) is 0 Å². The number of aryl methyl sites for hydroxylation is 1. The van der Waals surface area contributed by atoms with Crippen LogP contribution in [-0.2, 0) is 9.84 Å². The molecule has 1 aromatic carbocycles. The van der Waals surface area contributed by atoms with Gasteiger partial charge in [-0.1, -0.05) is 31.9 Å². The molecule has 1 atom stereocenters. The smallest absolute Gasteiger partial charge is 0.149 e. The molecule has 0 amide bonds. The quantitative estimate of drug-likeness (QED) is 0.735. The van der Waals surface area contributed by atoms with Gasteiger partial charge in [-0.05, 0) is 30.2 Å². The largest absolute Gasteiger partial charge is 0.229 e. The molecule has 0 spiro atoms. The Hall–Kier alpha value is 0.420. The van der Waals surface area contributed by atoms with E-state index in [1.165, 1.54) is 6.26 Å². The normalized spacial score (nSPS) is 13.8. The average Bonchev–Trinajstić information content (AvgIpc) is 2.08. The second kappa shape index (κ2) is 5.38. The lowest BCUT2D eigenvalue weighted by atomic mass is 10.1. The molecular weight excluding hydrogens is 379 g/mol. The van der Waals surface area contributed by atoms with Gasteiger partial charge in [-0.25, -0.2) is 8.42 Å². The van der Waals surface area contributed by atoms with E-state index >= 15 is 0 Å². The van der Waals surface area contributed by atoms with E-state index in [0.717, 1.165) is 20.1 Å². The number of hydrogen-bond acceptors (Lipinski definition) is 2. The summed E-state index contributed by atoms with van der Waals surface area (Å²) in [6.45, 7) is 1.96. The van der Waals surface area contributed by atoms with Crippen LogP contribution < -0.4 is 0 Å². The molecule has 0 aliphatic carbocycles.